The van der Waals surface area contributed by atoms with Gasteiger partial charge in [0.1, 0.15) is 6.61 Å². The highest BCUT2D eigenvalue weighted by Gasteiger charge is 2.32. The minimum absolute atomic E-state index is 0.0634. The number of alkyl carbamates (subject to hydrolysis) is 1. The van der Waals surface area contributed by atoms with Gasteiger partial charge in [0.15, 0.2) is 0 Å². The van der Waals surface area contributed by atoms with Gasteiger partial charge in [0.25, 0.3) is 0 Å². The van der Waals surface area contributed by atoms with E-state index in [4.69, 9.17) is 4.74 Å². The maximum atomic E-state index is 12.3. The largest absolute Gasteiger partial charge is 0.481 e. The SMILES string of the molecule is O=C(CC(O)CNC(=O)OCC1c2ccccc2-c2ccccc21)N[C@@H]1CCCC[C@@H]1C(=O)O. The fourth-order valence-electron chi connectivity index (χ4n) is 5.00. The highest BCUT2D eigenvalue weighted by atomic mass is 16.5. The Morgan fingerprint density at radius 2 is 1.59 bits per heavy atom. The van der Waals surface area contributed by atoms with Gasteiger partial charge in [-0.15, -0.1) is 0 Å². The van der Waals surface area contributed by atoms with Crippen LogP contribution in [-0.4, -0.2) is 53.5 Å². The molecule has 180 valence electrons. The molecule has 0 spiro atoms. The Morgan fingerprint density at radius 1 is 0.971 bits per heavy atom. The molecule has 0 radical (unpaired) electrons. The van der Waals surface area contributed by atoms with Crippen molar-refractivity contribution in [3.8, 4) is 11.1 Å². The first-order valence-corrected chi connectivity index (χ1v) is 11.7. The quantitative estimate of drug-likeness (QED) is 0.474. The Kier molecular flexibility index (Phi) is 7.47. The Bertz CT molecular complexity index is 1010. The van der Waals surface area contributed by atoms with Crippen molar-refractivity contribution in [2.24, 2.45) is 5.92 Å². The molecule has 0 aliphatic heterocycles. The summed E-state index contributed by atoms with van der Waals surface area (Å²) < 4.78 is 5.43. The molecule has 2 aromatic carbocycles. The fraction of sp³-hybridized carbons (Fsp3) is 0.423. The summed E-state index contributed by atoms with van der Waals surface area (Å²) in [5, 5.41) is 24.7. The number of hydrogen-bond donors (Lipinski definition) is 4. The van der Waals surface area contributed by atoms with E-state index >= 15 is 0 Å². The number of amides is 2. The number of aliphatic hydroxyl groups is 1. The van der Waals surface area contributed by atoms with E-state index in [1.54, 1.807) is 0 Å². The average Bonchev–Trinajstić information content (AvgIpc) is 3.15. The first kappa shape index (κ1) is 23.8. The third-order valence-electron chi connectivity index (χ3n) is 6.68. The number of rotatable bonds is 8. The van der Waals surface area contributed by atoms with Crippen molar-refractivity contribution in [3.05, 3.63) is 59.7 Å². The zero-order chi connectivity index (χ0) is 24.1. The number of carboxylic acid groups (broad SMARTS) is 1. The molecule has 4 N–H and O–H groups in total. The van der Waals surface area contributed by atoms with Gasteiger partial charge in [0, 0.05) is 18.5 Å². The Balaban J connectivity index is 1.23. The zero-order valence-corrected chi connectivity index (χ0v) is 18.9. The number of benzene rings is 2. The second kappa shape index (κ2) is 10.7. The first-order valence-electron chi connectivity index (χ1n) is 11.7. The molecule has 2 aliphatic carbocycles. The number of aliphatic carboxylic acids is 1. The predicted octanol–water partition coefficient (Wildman–Crippen LogP) is 3.04. The van der Waals surface area contributed by atoms with Crippen LogP contribution in [0.15, 0.2) is 48.5 Å². The van der Waals surface area contributed by atoms with E-state index in [0.717, 1.165) is 35.1 Å². The van der Waals surface area contributed by atoms with Crippen LogP contribution in [0.2, 0.25) is 0 Å². The van der Waals surface area contributed by atoms with Crippen LogP contribution in [0, 0.1) is 5.92 Å². The van der Waals surface area contributed by atoms with Crippen LogP contribution in [0.1, 0.15) is 49.1 Å². The summed E-state index contributed by atoms with van der Waals surface area (Å²) in [6, 6.07) is 15.6. The Morgan fingerprint density at radius 3 is 2.24 bits per heavy atom. The first-order chi connectivity index (χ1) is 16.4. The molecular formula is C26H30N2O6. The van der Waals surface area contributed by atoms with E-state index in [2.05, 4.69) is 22.8 Å². The van der Waals surface area contributed by atoms with E-state index in [0.29, 0.717) is 12.8 Å². The van der Waals surface area contributed by atoms with Crippen molar-refractivity contribution >= 4 is 18.0 Å². The molecule has 2 aromatic rings. The van der Waals surface area contributed by atoms with Gasteiger partial charge in [-0.2, -0.15) is 0 Å². The van der Waals surface area contributed by atoms with Crippen molar-refractivity contribution in [3.63, 3.8) is 0 Å². The maximum Gasteiger partial charge on any atom is 0.407 e. The molecule has 0 heterocycles. The van der Waals surface area contributed by atoms with Crippen molar-refractivity contribution in [1.82, 2.24) is 10.6 Å². The molecule has 1 saturated carbocycles. The number of ether oxygens (including phenoxy) is 1. The van der Waals surface area contributed by atoms with Crippen LogP contribution in [0.5, 0.6) is 0 Å². The summed E-state index contributed by atoms with van der Waals surface area (Å²) in [6.07, 6.45) is 0.832. The highest BCUT2D eigenvalue weighted by Crippen LogP contribution is 2.44. The average molecular weight is 467 g/mol. The van der Waals surface area contributed by atoms with E-state index in [9.17, 15) is 24.6 Å². The number of carbonyl (C=O) groups excluding carboxylic acids is 2. The smallest absolute Gasteiger partial charge is 0.407 e. The molecule has 0 bridgehead atoms. The van der Waals surface area contributed by atoms with Gasteiger partial charge < -0.3 is 25.6 Å². The molecule has 1 fully saturated rings. The van der Waals surface area contributed by atoms with Crippen LogP contribution in [0.3, 0.4) is 0 Å². The van der Waals surface area contributed by atoms with Gasteiger partial charge in [0.05, 0.1) is 18.4 Å². The molecule has 2 aliphatic rings. The van der Waals surface area contributed by atoms with E-state index in [-0.39, 0.29) is 25.5 Å². The third kappa shape index (κ3) is 5.39. The molecule has 34 heavy (non-hydrogen) atoms. The van der Waals surface area contributed by atoms with E-state index in [1.807, 2.05) is 36.4 Å². The normalized spacial score (nSPS) is 20.0. The van der Waals surface area contributed by atoms with Crippen molar-refractivity contribution in [2.45, 2.75) is 50.2 Å². The molecule has 1 unspecified atom stereocenters. The van der Waals surface area contributed by atoms with Gasteiger partial charge in [-0.1, -0.05) is 61.4 Å². The van der Waals surface area contributed by atoms with Crippen LogP contribution >= 0.6 is 0 Å². The molecule has 4 rings (SSSR count). The Hall–Kier alpha value is -3.39. The number of aliphatic hydroxyl groups excluding tert-OH is 1. The lowest BCUT2D eigenvalue weighted by molar-refractivity contribution is -0.144. The molecular weight excluding hydrogens is 436 g/mol. The number of fused-ring (bicyclic) bond motifs is 3. The lowest BCUT2D eigenvalue weighted by Crippen LogP contribution is -2.46. The van der Waals surface area contributed by atoms with Gasteiger partial charge in [-0.3, -0.25) is 9.59 Å². The summed E-state index contributed by atoms with van der Waals surface area (Å²) in [6.45, 7) is 0.0197. The minimum Gasteiger partial charge on any atom is -0.481 e. The summed E-state index contributed by atoms with van der Waals surface area (Å²) in [4.78, 5) is 35.9. The number of carboxylic acids is 1. The highest BCUT2D eigenvalue weighted by molar-refractivity contribution is 5.80. The number of carbonyl (C=O) groups is 3. The second-order valence-corrected chi connectivity index (χ2v) is 8.97. The molecule has 2 amide bonds. The molecule has 3 atom stereocenters. The van der Waals surface area contributed by atoms with Gasteiger partial charge in [0.2, 0.25) is 5.91 Å². The Labute approximate surface area is 198 Å². The fourth-order valence-corrected chi connectivity index (χ4v) is 5.00. The monoisotopic (exact) mass is 466 g/mol. The van der Waals surface area contributed by atoms with E-state index in [1.165, 1.54) is 0 Å². The second-order valence-electron chi connectivity index (χ2n) is 8.97. The minimum atomic E-state index is -1.10. The van der Waals surface area contributed by atoms with Crippen LogP contribution in [0.4, 0.5) is 4.79 Å². The van der Waals surface area contributed by atoms with Crippen LogP contribution in [-0.2, 0) is 14.3 Å². The topological polar surface area (TPSA) is 125 Å². The maximum absolute atomic E-state index is 12.3. The van der Waals surface area contributed by atoms with Crippen molar-refractivity contribution < 1.29 is 29.3 Å². The molecule has 8 nitrogen and oxygen atoms in total. The lowest BCUT2D eigenvalue weighted by atomic mass is 9.84. The predicted molar refractivity (Wildman–Crippen MR) is 125 cm³/mol. The van der Waals surface area contributed by atoms with Crippen molar-refractivity contribution in [2.75, 3.05) is 13.2 Å². The number of nitrogens with one attached hydrogen (secondary N) is 2. The van der Waals surface area contributed by atoms with Gasteiger partial charge >= 0.3 is 12.1 Å². The van der Waals surface area contributed by atoms with Crippen LogP contribution < -0.4 is 10.6 Å². The third-order valence-corrected chi connectivity index (χ3v) is 6.68. The molecule has 0 saturated heterocycles. The molecule has 8 heteroatoms. The lowest BCUT2D eigenvalue weighted by Gasteiger charge is -2.29. The van der Waals surface area contributed by atoms with Crippen LogP contribution in [0.25, 0.3) is 11.1 Å². The zero-order valence-electron chi connectivity index (χ0n) is 18.9. The van der Waals surface area contributed by atoms with Gasteiger partial charge in [-0.05, 0) is 35.1 Å². The van der Waals surface area contributed by atoms with Gasteiger partial charge in [-0.25, -0.2) is 4.79 Å². The summed E-state index contributed by atoms with van der Waals surface area (Å²) in [5.41, 5.74) is 4.49. The summed E-state index contributed by atoms with van der Waals surface area (Å²) in [7, 11) is 0. The number of hydrogen-bond acceptors (Lipinski definition) is 5. The van der Waals surface area contributed by atoms with E-state index < -0.39 is 36.0 Å². The molecule has 0 aromatic heterocycles. The standard InChI is InChI=1S/C26H30N2O6/c29-16(13-24(30)28-23-12-6-5-11-21(23)25(31)32)14-27-26(33)34-15-22-19-9-3-1-7-17(19)18-8-2-4-10-20(18)22/h1-4,7-10,16,21-23,29H,5-6,11-15H2,(H,27,33)(H,28,30)(H,31,32)/t16?,21-,23+/m0/s1. The van der Waals surface area contributed by atoms with Crippen molar-refractivity contribution in [1.29, 1.82) is 0 Å². The summed E-state index contributed by atoms with van der Waals surface area (Å²) >= 11 is 0. The summed E-state index contributed by atoms with van der Waals surface area (Å²) in [5.74, 6) is -2.01.